The van der Waals surface area contributed by atoms with Crippen molar-refractivity contribution in [2.45, 2.75) is 37.0 Å². The van der Waals surface area contributed by atoms with Gasteiger partial charge < -0.3 is 10.4 Å². The summed E-state index contributed by atoms with van der Waals surface area (Å²) in [5.41, 5.74) is 2.44. The van der Waals surface area contributed by atoms with E-state index < -0.39 is 6.09 Å². The van der Waals surface area contributed by atoms with E-state index in [1.54, 1.807) is 0 Å². The summed E-state index contributed by atoms with van der Waals surface area (Å²) >= 11 is 1.92. The van der Waals surface area contributed by atoms with E-state index in [0.29, 0.717) is 6.54 Å². The lowest BCUT2D eigenvalue weighted by Gasteiger charge is -2.27. The zero-order valence-corrected chi connectivity index (χ0v) is 11.6. The topological polar surface area (TPSA) is 49.3 Å². The molecule has 2 N–H and O–H groups in total. The third-order valence-corrected chi connectivity index (χ3v) is 4.57. The highest BCUT2D eigenvalue weighted by molar-refractivity contribution is 7.99. The van der Waals surface area contributed by atoms with Crippen molar-refractivity contribution in [1.29, 1.82) is 0 Å². The predicted molar refractivity (Wildman–Crippen MR) is 74.5 cm³/mol. The van der Waals surface area contributed by atoms with E-state index in [4.69, 9.17) is 5.11 Å². The average molecular weight is 265 g/mol. The van der Waals surface area contributed by atoms with Gasteiger partial charge in [0.25, 0.3) is 0 Å². The van der Waals surface area contributed by atoms with Gasteiger partial charge in [-0.2, -0.15) is 0 Å². The van der Waals surface area contributed by atoms with Gasteiger partial charge in [-0.05, 0) is 35.8 Å². The normalized spacial score (nSPS) is 15.0. The first-order valence-electron chi connectivity index (χ1n) is 6.22. The van der Waals surface area contributed by atoms with E-state index in [1.165, 1.54) is 28.2 Å². The first kappa shape index (κ1) is 13.3. The molecular formula is C14H19NO2S. The van der Waals surface area contributed by atoms with Crippen LogP contribution in [0.5, 0.6) is 0 Å². The van der Waals surface area contributed by atoms with Crippen LogP contribution in [0.3, 0.4) is 0 Å². The summed E-state index contributed by atoms with van der Waals surface area (Å²) in [6.45, 7) is 4.58. The largest absolute Gasteiger partial charge is 0.465 e. The van der Waals surface area contributed by atoms with Crippen LogP contribution in [0.4, 0.5) is 4.79 Å². The molecule has 98 valence electrons. The molecule has 1 aliphatic heterocycles. The molecule has 0 spiro atoms. The van der Waals surface area contributed by atoms with Crippen LogP contribution in [0.2, 0.25) is 0 Å². The second-order valence-corrected chi connectivity index (χ2v) is 6.45. The minimum atomic E-state index is -0.961. The molecule has 0 saturated heterocycles. The van der Waals surface area contributed by atoms with Crippen molar-refractivity contribution in [3.8, 4) is 0 Å². The van der Waals surface area contributed by atoms with E-state index in [0.717, 1.165) is 6.42 Å². The Balaban J connectivity index is 2.19. The SMILES string of the molecule is CC(C)(CNC(=O)O)c1ccc2c(c1)CCCS2. The number of carboxylic acid groups (broad SMARTS) is 1. The molecule has 0 radical (unpaired) electrons. The van der Waals surface area contributed by atoms with Gasteiger partial charge >= 0.3 is 6.09 Å². The number of rotatable bonds is 3. The Morgan fingerprint density at radius 3 is 3.00 bits per heavy atom. The molecule has 0 aliphatic carbocycles. The molecule has 2 rings (SSSR count). The first-order chi connectivity index (χ1) is 8.49. The van der Waals surface area contributed by atoms with Gasteiger partial charge in [-0.1, -0.05) is 26.0 Å². The first-order valence-corrected chi connectivity index (χ1v) is 7.20. The van der Waals surface area contributed by atoms with Crippen molar-refractivity contribution in [3.63, 3.8) is 0 Å². The lowest BCUT2D eigenvalue weighted by molar-refractivity contribution is 0.192. The van der Waals surface area contributed by atoms with Crippen molar-refractivity contribution in [2.24, 2.45) is 0 Å². The number of aryl methyl sites for hydroxylation is 1. The second-order valence-electron chi connectivity index (χ2n) is 5.32. The third-order valence-electron chi connectivity index (χ3n) is 3.37. The molecule has 1 amide bonds. The average Bonchev–Trinajstić information content (AvgIpc) is 2.36. The number of benzene rings is 1. The molecule has 0 unspecified atom stereocenters. The van der Waals surface area contributed by atoms with Crippen molar-refractivity contribution in [1.82, 2.24) is 5.32 Å². The van der Waals surface area contributed by atoms with Gasteiger partial charge in [0.05, 0.1) is 0 Å². The van der Waals surface area contributed by atoms with Gasteiger partial charge in [0.1, 0.15) is 0 Å². The van der Waals surface area contributed by atoms with Crippen molar-refractivity contribution in [3.05, 3.63) is 29.3 Å². The van der Waals surface area contributed by atoms with Gasteiger partial charge in [-0.15, -0.1) is 11.8 Å². The molecule has 0 bridgehead atoms. The maximum Gasteiger partial charge on any atom is 0.404 e. The molecule has 0 aromatic heterocycles. The summed E-state index contributed by atoms with van der Waals surface area (Å²) in [5, 5.41) is 11.2. The Morgan fingerprint density at radius 1 is 1.50 bits per heavy atom. The fourth-order valence-electron chi connectivity index (χ4n) is 2.18. The van der Waals surface area contributed by atoms with Crippen LogP contribution in [-0.2, 0) is 11.8 Å². The van der Waals surface area contributed by atoms with Crippen LogP contribution < -0.4 is 5.32 Å². The van der Waals surface area contributed by atoms with Gasteiger partial charge in [0.15, 0.2) is 0 Å². The Morgan fingerprint density at radius 2 is 2.28 bits per heavy atom. The Hall–Kier alpha value is -1.16. The molecule has 1 heterocycles. The van der Waals surface area contributed by atoms with Crippen LogP contribution in [0.25, 0.3) is 0 Å². The number of hydrogen-bond acceptors (Lipinski definition) is 2. The molecule has 4 heteroatoms. The highest BCUT2D eigenvalue weighted by atomic mass is 32.2. The molecule has 0 saturated carbocycles. The third kappa shape index (κ3) is 2.99. The Kier molecular flexibility index (Phi) is 3.85. The quantitative estimate of drug-likeness (QED) is 0.882. The summed E-state index contributed by atoms with van der Waals surface area (Å²) in [6.07, 6.45) is 1.41. The van der Waals surface area contributed by atoms with E-state index in [1.807, 2.05) is 11.8 Å². The van der Waals surface area contributed by atoms with Gasteiger partial charge in [-0.3, -0.25) is 0 Å². The summed E-state index contributed by atoms with van der Waals surface area (Å²) < 4.78 is 0. The van der Waals surface area contributed by atoms with Gasteiger partial charge in [0.2, 0.25) is 0 Å². The fraction of sp³-hybridized carbons (Fsp3) is 0.500. The fourth-order valence-corrected chi connectivity index (χ4v) is 3.20. The summed E-state index contributed by atoms with van der Waals surface area (Å²) in [4.78, 5) is 12.0. The number of nitrogens with one attached hydrogen (secondary N) is 1. The van der Waals surface area contributed by atoms with E-state index in [9.17, 15) is 4.79 Å². The van der Waals surface area contributed by atoms with Crippen LogP contribution in [0, 0.1) is 0 Å². The Bertz CT molecular complexity index is 457. The van der Waals surface area contributed by atoms with Crippen LogP contribution in [0.15, 0.2) is 23.1 Å². The number of carbonyl (C=O) groups is 1. The second kappa shape index (κ2) is 5.22. The minimum absolute atomic E-state index is 0.171. The lowest BCUT2D eigenvalue weighted by Crippen LogP contribution is -2.35. The molecular weight excluding hydrogens is 246 g/mol. The number of hydrogen-bond donors (Lipinski definition) is 2. The summed E-state index contributed by atoms with van der Waals surface area (Å²) in [7, 11) is 0. The molecule has 18 heavy (non-hydrogen) atoms. The molecule has 1 aromatic rings. The van der Waals surface area contributed by atoms with Gasteiger partial charge in [-0.25, -0.2) is 4.79 Å². The van der Waals surface area contributed by atoms with Crippen molar-refractivity contribution in [2.75, 3.05) is 12.3 Å². The minimum Gasteiger partial charge on any atom is -0.465 e. The summed E-state index contributed by atoms with van der Waals surface area (Å²) in [6, 6.07) is 6.54. The molecule has 0 fully saturated rings. The van der Waals surface area contributed by atoms with E-state index in [2.05, 4.69) is 37.4 Å². The number of amides is 1. The van der Waals surface area contributed by atoms with Gasteiger partial charge in [0, 0.05) is 16.9 Å². The molecule has 1 aliphatic rings. The van der Waals surface area contributed by atoms with Crippen molar-refractivity contribution >= 4 is 17.9 Å². The highest BCUT2D eigenvalue weighted by Crippen LogP contribution is 2.33. The maximum absolute atomic E-state index is 10.6. The Labute approximate surface area is 112 Å². The van der Waals surface area contributed by atoms with Crippen molar-refractivity contribution < 1.29 is 9.90 Å². The molecule has 1 aromatic carbocycles. The van der Waals surface area contributed by atoms with E-state index in [-0.39, 0.29) is 5.41 Å². The van der Waals surface area contributed by atoms with Crippen LogP contribution in [0.1, 0.15) is 31.4 Å². The monoisotopic (exact) mass is 265 g/mol. The smallest absolute Gasteiger partial charge is 0.404 e. The van der Waals surface area contributed by atoms with E-state index >= 15 is 0 Å². The predicted octanol–water partition coefficient (Wildman–Crippen LogP) is 3.27. The number of fused-ring (bicyclic) bond motifs is 1. The number of thioether (sulfide) groups is 1. The lowest BCUT2D eigenvalue weighted by atomic mass is 9.83. The zero-order valence-electron chi connectivity index (χ0n) is 10.8. The van der Waals surface area contributed by atoms with Crippen LogP contribution in [-0.4, -0.2) is 23.5 Å². The maximum atomic E-state index is 10.6. The molecule has 3 nitrogen and oxygen atoms in total. The standard InChI is InChI=1S/C14H19NO2S/c1-14(2,9-15-13(16)17)11-5-6-12-10(8-11)4-3-7-18-12/h5-6,8,15H,3-4,7,9H2,1-2H3,(H,16,17). The zero-order chi connectivity index (χ0) is 13.2. The summed E-state index contributed by atoms with van der Waals surface area (Å²) in [5.74, 6) is 1.20. The highest BCUT2D eigenvalue weighted by Gasteiger charge is 2.23. The molecule has 0 atom stereocenters. The van der Waals surface area contributed by atoms with Crippen LogP contribution >= 0.6 is 11.8 Å².